The SMILES string of the molecule is C(=N\c1c2c(nc3ccccc13)CCC2)/c1ccccc1. The molecule has 3 aromatic rings. The van der Waals surface area contributed by atoms with Gasteiger partial charge in [-0.25, -0.2) is 0 Å². The van der Waals surface area contributed by atoms with Crippen molar-refractivity contribution in [3.05, 3.63) is 71.4 Å². The van der Waals surface area contributed by atoms with Crippen LogP contribution in [0.4, 0.5) is 5.69 Å². The highest BCUT2D eigenvalue weighted by molar-refractivity contribution is 5.95. The van der Waals surface area contributed by atoms with Gasteiger partial charge in [-0.15, -0.1) is 0 Å². The molecule has 4 rings (SSSR count). The Morgan fingerprint density at radius 1 is 0.905 bits per heavy atom. The summed E-state index contributed by atoms with van der Waals surface area (Å²) in [6.45, 7) is 0. The van der Waals surface area contributed by atoms with Gasteiger partial charge >= 0.3 is 0 Å². The van der Waals surface area contributed by atoms with Crippen LogP contribution in [0.3, 0.4) is 0 Å². The van der Waals surface area contributed by atoms with Gasteiger partial charge in [-0.1, -0.05) is 48.5 Å². The maximum atomic E-state index is 4.81. The molecule has 0 aliphatic heterocycles. The zero-order valence-electron chi connectivity index (χ0n) is 11.8. The van der Waals surface area contributed by atoms with E-state index in [9.17, 15) is 0 Å². The first-order valence-electron chi connectivity index (χ1n) is 7.41. The standard InChI is InChI=1S/C19H16N2/c1-2-7-14(8-3-1)13-20-19-15-9-4-5-11-17(15)21-18-12-6-10-16(18)19/h1-5,7-9,11,13H,6,10,12H2/b20-13+. The highest BCUT2D eigenvalue weighted by Gasteiger charge is 2.18. The summed E-state index contributed by atoms with van der Waals surface area (Å²) in [5, 5.41) is 1.16. The number of hydrogen-bond acceptors (Lipinski definition) is 2. The number of aryl methyl sites for hydroxylation is 1. The number of nitrogens with zero attached hydrogens (tertiary/aromatic N) is 2. The molecule has 0 fully saturated rings. The Labute approximate surface area is 124 Å². The number of rotatable bonds is 2. The van der Waals surface area contributed by atoms with E-state index < -0.39 is 0 Å². The molecule has 2 aromatic carbocycles. The molecule has 0 unspecified atom stereocenters. The highest BCUT2D eigenvalue weighted by Crippen LogP contribution is 2.35. The van der Waals surface area contributed by atoms with E-state index in [2.05, 4.69) is 30.3 Å². The first kappa shape index (κ1) is 12.3. The van der Waals surface area contributed by atoms with Gasteiger partial charge in [-0.3, -0.25) is 9.98 Å². The molecule has 0 spiro atoms. The van der Waals surface area contributed by atoms with Crippen molar-refractivity contribution < 1.29 is 0 Å². The third-order valence-corrected chi connectivity index (χ3v) is 4.03. The van der Waals surface area contributed by atoms with E-state index in [4.69, 9.17) is 9.98 Å². The van der Waals surface area contributed by atoms with Crippen molar-refractivity contribution in [3.63, 3.8) is 0 Å². The van der Waals surface area contributed by atoms with E-state index in [0.717, 1.165) is 35.0 Å². The van der Waals surface area contributed by atoms with Gasteiger partial charge in [-0.05, 0) is 36.5 Å². The third-order valence-electron chi connectivity index (χ3n) is 4.03. The lowest BCUT2D eigenvalue weighted by Gasteiger charge is -2.08. The maximum Gasteiger partial charge on any atom is 0.0774 e. The van der Waals surface area contributed by atoms with Crippen LogP contribution in [0.1, 0.15) is 23.2 Å². The molecular weight excluding hydrogens is 256 g/mol. The lowest BCUT2D eigenvalue weighted by Crippen LogP contribution is -1.91. The van der Waals surface area contributed by atoms with Gasteiger partial charge in [0.15, 0.2) is 0 Å². The average molecular weight is 272 g/mol. The van der Waals surface area contributed by atoms with Crippen LogP contribution in [0.5, 0.6) is 0 Å². The smallest absolute Gasteiger partial charge is 0.0774 e. The van der Waals surface area contributed by atoms with Gasteiger partial charge < -0.3 is 0 Å². The van der Waals surface area contributed by atoms with Gasteiger partial charge in [0.05, 0.1) is 11.2 Å². The lowest BCUT2D eigenvalue weighted by molar-refractivity contribution is 0.901. The lowest BCUT2D eigenvalue weighted by atomic mass is 10.1. The molecule has 0 radical (unpaired) electrons. The summed E-state index contributed by atoms with van der Waals surface area (Å²) in [6.07, 6.45) is 5.32. The third kappa shape index (κ3) is 2.23. The molecule has 1 aliphatic rings. The fraction of sp³-hybridized carbons (Fsp3) is 0.158. The first-order chi connectivity index (χ1) is 10.4. The van der Waals surface area contributed by atoms with Crippen LogP contribution >= 0.6 is 0 Å². The minimum absolute atomic E-state index is 1.05. The average Bonchev–Trinajstić information content (AvgIpc) is 3.00. The second-order valence-corrected chi connectivity index (χ2v) is 5.43. The molecule has 1 heterocycles. The van der Waals surface area contributed by atoms with E-state index in [1.54, 1.807) is 0 Å². The number of para-hydroxylation sites is 1. The summed E-state index contributed by atoms with van der Waals surface area (Å²) in [7, 11) is 0. The molecule has 1 aromatic heterocycles. The summed E-state index contributed by atoms with van der Waals surface area (Å²) in [5.74, 6) is 0. The fourth-order valence-corrected chi connectivity index (χ4v) is 3.01. The molecule has 1 aliphatic carbocycles. The highest BCUT2D eigenvalue weighted by atomic mass is 14.8. The molecule has 0 saturated heterocycles. The summed E-state index contributed by atoms with van der Waals surface area (Å²) in [4.78, 5) is 9.61. The molecule has 0 saturated carbocycles. The summed E-state index contributed by atoms with van der Waals surface area (Å²) < 4.78 is 0. The summed E-state index contributed by atoms with van der Waals surface area (Å²) in [5.41, 5.74) is 5.86. The van der Waals surface area contributed by atoms with Crippen molar-refractivity contribution in [2.75, 3.05) is 0 Å². The molecule has 0 N–H and O–H groups in total. The Balaban J connectivity index is 1.89. The van der Waals surface area contributed by atoms with E-state index >= 15 is 0 Å². The van der Waals surface area contributed by atoms with Crippen LogP contribution < -0.4 is 0 Å². The fourth-order valence-electron chi connectivity index (χ4n) is 3.01. The molecule has 0 amide bonds. The first-order valence-corrected chi connectivity index (χ1v) is 7.41. The molecule has 2 nitrogen and oxygen atoms in total. The number of fused-ring (bicyclic) bond motifs is 2. The maximum absolute atomic E-state index is 4.81. The van der Waals surface area contributed by atoms with Crippen molar-refractivity contribution in [2.45, 2.75) is 19.3 Å². The number of aromatic nitrogens is 1. The summed E-state index contributed by atoms with van der Waals surface area (Å²) >= 11 is 0. The van der Waals surface area contributed by atoms with E-state index in [0.29, 0.717) is 0 Å². The van der Waals surface area contributed by atoms with Gasteiger partial charge in [0.1, 0.15) is 0 Å². The predicted molar refractivity (Wildman–Crippen MR) is 87.5 cm³/mol. The second kappa shape index (κ2) is 5.13. The van der Waals surface area contributed by atoms with Crippen LogP contribution in [0.2, 0.25) is 0 Å². The largest absolute Gasteiger partial charge is 0.255 e. The molecule has 0 atom stereocenters. The number of pyridine rings is 1. The minimum Gasteiger partial charge on any atom is -0.255 e. The van der Waals surface area contributed by atoms with E-state index in [-0.39, 0.29) is 0 Å². The summed E-state index contributed by atoms with van der Waals surface area (Å²) in [6, 6.07) is 18.6. The van der Waals surface area contributed by atoms with Crippen molar-refractivity contribution in [2.24, 2.45) is 4.99 Å². The number of hydrogen-bond donors (Lipinski definition) is 0. The molecule has 0 bridgehead atoms. The number of aliphatic imine (C=N–C) groups is 1. The van der Waals surface area contributed by atoms with Crippen molar-refractivity contribution in [3.8, 4) is 0 Å². The van der Waals surface area contributed by atoms with Crippen molar-refractivity contribution in [1.82, 2.24) is 4.98 Å². The van der Waals surface area contributed by atoms with Gasteiger partial charge in [0.2, 0.25) is 0 Å². The second-order valence-electron chi connectivity index (χ2n) is 5.43. The van der Waals surface area contributed by atoms with Gasteiger partial charge in [0.25, 0.3) is 0 Å². The monoisotopic (exact) mass is 272 g/mol. The predicted octanol–water partition coefficient (Wildman–Crippen LogP) is 4.47. The zero-order valence-corrected chi connectivity index (χ0v) is 11.8. The van der Waals surface area contributed by atoms with E-state index in [1.165, 1.54) is 17.7 Å². The number of benzene rings is 2. The zero-order chi connectivity index (χ0) is 14.1. The topological polar surface area (TPSA) is 25.2 Å². The van der Waals surface area contributed by atoms with Crippen molar-refractivity contribution >= 4 is 22.8 Å². The minimum atomic E-state index is 1.05. The van der Waals surface area contributed by atoms with Gasteiger partial charge in [0, 0.05) is 17.3 Å². The Morgan fingerprint density at radius 2 is 1.71 bits per heavy atom. The Kier molecular flexibility index (Phi) is 3.00. The Hall–Kier alpha value is -2.48. The molecule has 21 heavy (non-hydrogen) atoms. The molecule has 2 heteroatoms. The van der Waals surface area contributed by atoms with Gasteiger partial charge in [-0.2, -0.15) is 0 Å². The van der Waals surface area contributed by atoms with Crippen LogP contribution in [-0.2, 0) is 12.8 Å². The molecule has 102 valence electrons. The Bertz CT molecular complexity index is 820. The van der Waals surface area contributed by atoms with Crippen LogP contribution in [0.15, 0.2) is 59.6 Å². The quantitative estimate of drug-likeness (QED) is 0.632. The van der Waals surface area contributed by atoms with Crippen LogP contribution in [0.25, 0.3) is 10.9 Å². The van der Waals surface area contributed by atoms with Crippen LogP contribution in [-0.4, -0.2) is 11.2 Å². The van der Waals surface area contributed by atoms with E-state index in [1.807, 2.05) is 30.5 Å². The van der Waals surface area contributed by atoms with Crippen LogP contribution in [0, 0.1) is 0 Å². The normalized spacial score (nSPS) is 13.9. The Morgan fingerprint density at radius 3 is 2.62 bits per heavy atom. The van der Waals surface area contributed by atoms with Crippen molar-refractivity contribution in [1.29, 1.82) is 0 Å². The molecular formula is C19H16N2.